The largest absolute Gasteiger partial charge is 0.467 e. The average Bonchev–Trinajstić information content (AvgIpc) is 0.760. The first-order chi connectivity index (χ1) is 43.7. The number of methoxy groups -OCH3 is 1. The molecule has 94 heavy (non-hydrogen) atoms. The molecule has 0 saturated carbocycles. The molecule has 0 bridgehead atoms. The van der Waals surface area contributed by atoms with Crippen LogP contribution in [0.15, 0.2) is 12.2 Å². The lowest BCUT2D eigenvalue weighted by molar-refractivity contribution is -0.321. The predicted octanol–water partition coefficient (Wildman–Crippen LogP) is 3.60. The quantitative estimate of drug-likeness (QED) is 0.0332. The summed E-state index contributed by atoms with van der Waals surface area (Å²) in [6.07, 6.45) is 4.36. The summed E-state index contributed by atoms with van der Waals surface area (Å²) in [6.45, 7) is 31.4. The molecule has 0 unspecified atom stereocenters. The second kappa shape index (κ2) is 40.6. The van der Waals surface area contributed by atoms with Crippen LogP contribution in [0.5, 0.6) is 0 Å². The number of carbonyl (C=O) groups excluding carboxylic acids is 12. The van der Waals surface area contributed by atoms with Crippen molar-refractivity contribution in [2.45, 2.75) is 248 Å². The number of hydrogen-bond donors (Lipinski definition) is 5. The Morgan fingerprint density at radius 1 is 0.553 bits per heavy atom. The molecule has 1 aliphatic rings. The van der Waals surface area contributed by atoms with Gasteiger partial charge in [0.05, 0.1) is 25.9 Å². The maximum absolute atomic E-state index is 15.0. The number of ether oxygens (including phenoxy) is 3. The highest BCUT2D eigenvalue weighted by atomic mass is 16.7. The van der Waals surface area contributed by atoms with E-state index in [1.807, 2.05) is 67.5 Å². The summed E-state index contributed by atoms with van der Waals surface area (Å²) in [4.78, 5) is 180. The summed E-state index contributed by atoms with van der Waals surface area (Å²) in [7, 11) is 10.1. The first kappa shape index (κ1) is 85.3. The standard InChI is InChI=1S/C67H119N11O16/c1-26-28-31-42(13)56-55(60(83)71-48(27-2)67(90)91-25)78(94-56)66(89)53(41(11)12)76(23)64(87)51(36-39(7)8)75(22)63(86)50(35-38(5)6)74(21)62(85)45(16)70-57(80)43(14)69-58(81)49(34-37(3)4)73(20)65(88)52(40(9)10)72-59(82)54(77(24)61(84)44(15)68-19)46(17)92-32-29-30-33-93-47(18)79/h26,28,37-46,48-56,68H,27,29-36H2,1-25H3,(H,69,81)(H,70,80)(H,71,83)(H,72,82)/b28-26+/t42-,43+,44-,45-,46+,48+,49+,50+,51+,52+,53+,54+,55+,56-/m1/s1. The molecule has 0 aromatic heterocycles. The second-order valence-electron chi connectivity index (χ2n) is 27.1. The van der Waals surface area contributed by atoms with Crippen LogP contribution in [0.1, 0.15) is 170 Å². The molecule has 27 heteroatoms. The van der Waals surface area contributed by atoms with Crippen molar-refractivity contribution in [1.29, 1.82) is 0 Å². The molecule has 0 aromatic rings. The number of hydroxylamine groups is 2. The van der Waals surface area contributed by atoms with Crippen molar-refractivity contribution in [3.63, 3.8) is 0 Å². The zero-order valence-corrected chi connectivity index (χ0v) is 61.2. The van der Waals surface area contributed by atoms with Crippen molar-refractivity contribution in [2.75, 3.05) is 62.6 Å². The minimum atomic E-state index is -1.26. The molecule has 0 spiro atoms. The van der Waals surface area contributed by atoms with Crippen molar-refractivity contribution in [3.8, 4) is 0 Å². The molecule has 1 rings (SSSR count). The van der Waals surface area contributed by atoms with E-state index in [1.165, 1.54) is 87.6 Å². The average molecular weight is 1330 g/mol. The van der Waals surface area contributed by atoms with Gasteiger partial charge >= 0.3 is 11.9 Å². The zero-order valence-electron chi connectivity index (χ0n) is 61.2. The molecule has 14 atom stereocenters. The third-order valence-corrected chi connectivity index (χ3v) is 17.1. The minimum absolute atomic E-state index is 0.145. The molecule has 0 aromatic carbocycles. The van der Waals surface area contributed by atoms with E-state index in [9.17, 15) is 52.7 Å². The topological polar surface area (TPSA) is 321 Å². The van der Waals surface area contributed by atoms with Crippen LogP contribution in [0.25, 0.3) is 0 Å². The first-order valence-electron chi connectivity index (χ1n) is 33.4. The summed E-state index contributed by atoms with van der Waals surface area (Å²) in [6, 6.07) is -12.4. The van der Waals surface area contributed by atoms with Crippen LogP contribution in [-0.2, 0) is 76.6 Å². The lowest BCUT2D eigenvalue weighted by Crippen LogP contribution is -2.71. The number of rotatable bonds is 40. The van der Waals surface area contributed by atoms with Gasteiger partial charge in [-0.05, 0) is 122 Å². The van der Waals surface area contributed by atoms with Gasteiger partial charge in [0, 0.05) is 48.8 Å². The van der Waals surface area contributed by atoms with Gasteiger partial charge in [-0.2, -0.15) is 0 Å². The molecular weight excluding hydrogens is 1210 g/mol. The van der Waals surface area contributed by atoms with Gasteiger partial charge in [-0.25, -0.2) is 9.86 Å². The van der Waals surface area contributed by atoms with E-state index in [0.717, 1.165) is 5.06 Å². The molecule has 5 N–H and O–H groups in total. The molecule has 1 aliphatic heterocycles. The van der Waals surface area contributed by atoms with Gasteiger partial charge in [-0.3, -0.25) is 57.6 Å². The smallest absolute Gasteiger partial charge is 0.328 e. The highest BCUT2D eigenvalue weighted by molar-refractivity contribution is 5.99. The summed E-state index contributed by atoms with van der Waals surface area (Å²) in [5, 5.41) is 14.8. The molecule has 1 fully saturated rings. The Bertz CT molecular complexity index is 2560. The van der Waals surface area contributed by atoms with Gasteiger partial charge in [0.25, 0.3) is 5.91 Å². The van der Waals surface area contributed by atoms with Gasteiger partial charge in [0.2, 0.25) is 53.2 Å². The fourth-order valence-corrected chi connectivity index (χ4v) is 11.2. The molecule has 1 saturated heterocycles. The van der Waals surface area contributed by atoms with E-state index < -0.39 is 162 Å². The third kappa shape index (κ3) is 24.8. The SMILES string of the molecule is C/C=C/C[C@@H](C)[C@H]1ON(C(=O)[C@H](C(C)C)N(C)C(=O)[C@H](CC(C)C)N(C)C(=O)[C@H](CC(C)C)N(C)C(=O)[C@@H](C)NC(=O)[C@H](C)NC(=O)[C@H](CC(C)C)N(C)C(=O)[C@@H](NC(=O)[C@H]([C@H](C)OCCCCOC(C)=O)N(C)C(=O)[C@@H](C)NC)C(C)C)[C@@H]1C(=O)N[C@@H](CC)C(=O)OC. The van der Waals surface area contributed by atoms with Crippen molar-refractivity contribution >= 4 is 71.0 Å². The normalized spacial score (nSPS) is 17.8. The number of nitrogens with zero attached hydrogens (tertiary/aromatic N) is 6. The second-order valence-corrected chi connectivity index (χ2v) is 27.1. The number of nitrogens with one attached hydrogen (secondary N) is 5. The van der Waals surface area contributed by atoms with E-state index in [-0.39, 0.29) is 62.6 Å². The molecule has 0 radical (unpaired) electrons. The predicted molar refractivity (Wildman–Crippen MR) is 356 cm³/mol. The van der Waals surface area contributed by atoms with Crippen LogP contribution < -0.4 is 26.6 Å². The fourth-order valence-electron chi connectivity index (χ4n) is 11.2. The number of amides is 10. The maximum atomic E-state index is 15.0. The number of allylic oxidation sites excluding steroid dienone is 2. The first-order valence-corrected chi connectivity index (χ1v) is 33.4. The van der Waals surface area contributed by atoms with Crippen LogP contribution in [0, 0.1) is 35.5 Å². The fraction of sp³-hybridized carbons (Fsp3) is 0.791. The highest BCUT2D eigenvalue weighted by Gasteiger charge is 2.54. The Balaban J connectivity index is 3.52. The van der Waals surface area contributed by atoms with Gasteiger partial charge in [0.1, 0.15) is 60.5 Å². The van der Waals surface area contributed by atoms with Crippen molar-refractivity contribution in [3.05, 3.63) is 12.2 Å². The van der Waals surface area contributed by atoms with E-state index in [2.05, 4.69) is 26.6 Å². The number of esters is 2. The molecule has 0 aliphatic carbocycles. The monoisotopic (exact) mass is 1330 g/mol. The Morgan fingerprint density at radius 2 is 1.03 bits per heavy atom. The Labute approximate surface area is 560 Å². The zero-order chi connectivity index (χ0) is 72.5. The molecule has 1 heterocycles. The van der Waals surface area contributed by atoms with E-state index in [4.69, 9.17) is 19.0 Å². The lowest BCUT2D eigenvalue weighted by atomic mass is 9.90. The van der Waals surface area contributed by atoms with Crippen LogP contribution in [0.2, 0.25) is 0 Å². The molecular formula is C67H119N11O16. The Hall–Kier alpha value is -6.74. The summed E-state index contributed by atoms with van der Waals surface area (Å²) in [5.41, 5.74) is 0. The Morgan fingerprint density at radius 3 is 1.51 bits per heavy atom. The van der Waals surface area contributed by atoms with E-state index in [1.54, 1.807) is 55.5 Å². The van der Waals surface area contributed by atoms with Crippen LogP contribution in [0.3, 0.4) is 0 Å². The van der Waals surface area contributed by atoms with Crippen LogP contribution in [-0.4, -0.2) is 242 Å². The molecule has 27 nitrogen and oxygen atoms in total. The van der Waals surface area contributed by atoms with E-state index in [0.29, 0.717) is 19.3 Å². The van der Waals surface area contributed by atoms with Gasteiger partial charge < -0.3 is 65.3 Å². The summed E-state index contributed by atoms with van der Waals surface area (Å²) >= 11 is 0. The Kier molecular flexibility index (Phi) is 36.8. The number of hydrogen-bond acceptors (Lipinski definition) is 17. The van der Waals surface area contributed by atoms with Crippen molar-refractivity contribution in [2.24, 2.45) is 35.5 Å². The number of carbonyl (C=O) groups is 12. The minimum Gasteiger partial charge on any atom is -0.467 e. The van der Waals surface area contributed by atoms with Gasteiger partial charge in [0.15, 0.2) is 6.04 Å². The highest BCUT2D eigenvalue weighted by Crippen LogP contribution is 2.34. The van der Waals surface area contributed by atoms with Crippen molar-refractivity contribution < 1.29 is 76.6 Å². The van der Waals surface area contributed by atoms with Crippen LogP contribution >= 0.6 is 0 Å². The molecule has 538 valence electrons. The number of unbranched alkanes of at least 4 members (excludes halogenated alkanes) is 1. The third-order valence-electron chi connectivity index (χ3n) is 17.1. The summed E-state index contributed by atoms with van der Waals surface area (Å²) in [5.74, 6) is -9.09. The van der Waals surface area contributed by atoms with E-state index >= 15 is 4.79 Å². The van der Waals surface area contributed by atoms with Crippen LogP contribution in [0.4, 0.5) is 0 Å². The van der Waals surface area contributed by atoms with Crippen molar-refractivity contribution in [1.82, 2.24) is 56.1 Å². The lowest BCUT2D eigenvalue weighted by Gasteiger charge is -2.50. The van der Waals surface area contributed by atoms with Gasteiger partial charge in [-0.15, -0.1) is 0 Å². The summed E-state index contributed by atoms with van der Waals surface area (Å²) < 4.78 is 16.0. The number of likely N-dealkylation sites (N-methyl/N-ethyl adjacent to an activating group) is 6. The molecule has 10 amide bonds. The maximum Gasteiger partial charge on any atom is 0.328 e. The van der Waals surface area contributed by atoms with Gasteiger partial charge in [-0.1, -0.05) is 95.2 Å².